The molecule has 230 valence electrons. The lowest BCUT2D eigenvalue weighted by Crippen LogP contribution is -2.60. The van der Waals surface area contributed by atoms with Gasteiger partial charge in [-0.05, 0) is 48.0 Å². The first-order chi connectivity index (χ1) is 21.0. The van der Waals surface area contributed by atoms with E-state index in [1.165, 1.54) is 55.7 Å². The third-order valence-corrected chi connectivity index (χ3v) is 6.87. The highest BCUT2D eigenvalue weighted by atomic mass is 16.7. The van der Waals surface area contributed by atoms with Gasteiger partial charge in [-0.15, -0.1) is 0 Å². The molecule has 44 heavy (non-hydrogen) atoms. The van der Waals surface area contributed by atoms with Gasteiger partial charge in [-0.1, -0.05) is 12.1 Å². The van der Waals surface area contributed by atoms with Crippen LogP contribution in [0.4, 0.5) is 0 Å². The number of phenols is 3. The average Bonchev–Trinajstić information content (AvgIpc) is 3.00. The number of phenolic OH excluding ortho intramolecular Hbond substituents is 3. The van der Waals surface area contributed by atoms with Crippen molar-refractivity contribution < 1.29 is 58.8 Å². The molecule has 0 unspecified atom stereocenters. The second kappa shape index (κ2) is 12.7. The maximum Gasteiger partial charge on any atom is 0.510 e. The number of ether oxygens (including phenoxy) is 4. The molecule has 5 rings (SSSR count). The van der Waals surface area contributed by atoms with E-state index in [-0.39, 0.29) is 40.1 Å². The minimum Gasteiger partial charge on any atom is -0.508 e. The zero-order chi connectivity index (χ0) is 31.5. The summed E-state index contributed by atoms with van der Waals surface area (Å²) < 4.78 is 28.0. The average molecular weight is 610 g/mol. The van der Waals surface area contributed by atoms with Gasteiger partial charge in [-0.3, -0.25) is 4.79 Å². The van der Waals surface area contributed by atoms with Gasteiger partial charge in [0.05, 0.1) is 18.7 Å². The first kappa shape index (κ1) is 30.4. The molecule has 2 heterocycles. The summed E-state index contributed by atoms with van der Waals surface area (Å²) >= 11 is 0. The molecule has 2 aromatic carbocycles. The molecule has 0 amide bonds. The largest absolute Gasteiger partial charge is 0.510 e. The summed E-state index contributed by atoms with van der Waals surface area (Å²) in [7, 11) is 1.34. The Labute approximate surface area is 249 Å². The molecule has 13 nitrogen and oxygen atoms in total. The molecule has 13 heteroatoms. The van der Waals surface area contributed by atoms with Gasteiger partial charge in [0.15, 0.2) is 34.5 Å². The molecule has 0 saturated carbocycles. The van der Waals surface area contributed by atoms with Crippen molar-refractivity contribution in [2.75, 3.05) is 13.7 Å². The number of carbonyl (C=O) groups excluding carboxylic acids is 1. The Hall–Kier alpha value is -5.08. The Kier molecular flexibility index (Phi) is 8.73. The molecule has 0 spiro atoms. The molecule has 5 atom stereocenters. The number of aliphatic hydroxyl groups is 3. The molecule has 2 aromatic rings. The zero-order valence-electron chi connectivity index (χ0n) is 23.1. The number of rotatable bonds is 8. The highest BCUT2D eigenvalue weighted by Crippen LogP contribution is 2.43. The molecule has 2 aliphatic heterocycles. The predicted octanol–water partition coefficient (Wildman–Crippen LogP) is 1.96. The zero-order valence-corrected chi connectivity index (χ0v) is 23.1. The lowest BCUT2D eigenvalue weighted by atomic mass is 9.99. The summed E-state index contributed by atoms with van der Waals surface area (Å²) in [6.07, 6.45) is -5.36. The first-order valence-electron chi connectivity index (χ1n) is 13.2. The number of hydrogen-bond acceptors (Lipinski definition) is 12. The van der Waals surface area contributed by atoms with Crippen LogP contribution in [0.25, 0.3) is 28.7 Å². The molecule has 1 aliphatic carbocycles. The monoisotopic (exact) mass is 609 g/mol. The highest BCUT2D eigenvalue weighted by Gasteiger charge is 2.47. The highest BCUT2D eigenvalue weighted by molar-refractivity contribution is 5.88. The summed E-state index contributed by atoms with van der Waals surface area (Å²) in [5.74, 6) is -1.08. The Morgan fingerprint density at radius 1 is 0.909 bits per heavy atom. The van der Waals surface area contributed by atoms with Crippen molar-refractivity contribution >= 4 is 12.0 Å². The van der Waals surface area contributed by atoms with Gasteiger partial charge in [0.25, 0.3) is 0 Å². The molecule has 0 radical (unpaired) electrons. The van der Waals surface area contributed by atoms with Crippen molar-refractivity contribution in [2.45, 2.75) is 30.7 Å². The lowest BCUT2D eigenvalue weighted by molar-refractivity contribution is -0.276. The molecular formula is C31H29O13+. The standard InChI is InChI=1S/C31H28O13/c1-40-23-10-16(5-8-20(23)34)30-24(13-19-21(35)11-18(33)12-22(19)42-30)43-31-29(39)28(38)27(37)25(44-31)14-41-26(36)9-4-15-2-6-17(32)7-3-15/h2-13,25,27-29,31-32,34-35,37-39H,14H2,1H3/p+1/t25-,27-,28-,29-,31-/m1/s1. The third-order valence-electron chi connectivity index (χ3n) is 6.87. The second-order valence-electron chi connectivity index (χ2n) is 9.89. The summed E-state index contributed by atoms with van der Waals surface area (Å²) in [6.45, 7) is -0.465. The van der Waals surface area contributed by atoms with Crippen molar-refractivity contribution in [1.82, 2.24) is 0 Å². The van der Waals surface area contributed by atoms with Crippen LogP contribution in [-0.2, 0) is 9.47 Å². The lowest BCUT2D eigenvalue weighted by Gasteiger charge is -2.39. The van der Waals surface area contributed by atoms with E-state index in [1.54, 1.807) is 12.1 Å². The Bertz CT molecular complexity index is 1690. The second-order valence-corrected chi connectivity index (χ2v) is 9.89. The molecule has 0 bridgehead atoms. The van der Waals surface area contributed by atoms with Crippen molar-refractivity contribution in [3.63, 3.8) is 0 Å². The van der Waals surface area contributed by atoms with Crippen LogP contribution < -0.4 is 14.9 Å². The van der Waals surface area contributed by atoms with Crippen molar-refractivity contribution in [3.05, 3.63) is 82.5 Å². The quantitative estimate of drug-likeness (QED) is 0.0962. The Balaban J connectivity index is 1.41. The van der Waals surface area contributed by atoms with Gasteiger partial charge in [-0.25, -0.2) is 0 Å². The van der Waals surface area contributed by atoms with E-state index in [0.717, 1.165) is 12.1 Å². The molecular weight excluding hydrogens is 580 g/mol. The fourth-order valence-corrected chi connectivity index (χ4v) is 4.53. The molecule has 1 fully saturated rings. The van der Waals surface area contributed by atoms with E-state index < -0.39 is 54.5 Å². The van der Waals surface area contributed by atoms with Gasteiger partial charge >= 0.3 is 5.97 Å². The smallest absolute Gasteiger partial charge is 0.508 e. The van der Waals surface area contributed by atoms with E-state index in [4.69, 9.17) is 23.4 Å². The molecule has 3 aliphatic rings. The van der Waals surface area contributed by atoms with E-state index >= 15 is 0 Å². The number of benzene rings is 3. The fourth-order valence-electron chi connectivity index (χ4n) is 4.53. The topological polar surface area (TPSA) is 210 Å². The van der Waals surface area contributed by atoms with Crippen molar-refractivity contribution in [3.8, 4) is 51.4 Å². The number of aliphatic hydroxyl groups excluding tert-OH is 3. The van der Waals surface area contributed by atoms with Crippen LogP contribution in [0.1, 0.15) is 5.56 Å². The third kappa shape index (κ3) is 6.45. The summed E-state index contributed by atoms with van der Waals surface area (Å²) in [4.78, 5) is 22.2. The summed E-state index contributed by atoms with van der Waals surface area (Å²) in [5.41, 5.74) is 0.516. The van der Waals surface area contributed by atoms with Gasteiger partial charge in [-0.2, -0.15) is 0 Å². The number of aromatic hydroxyl groups is 3. The van der Waals surface area contributed by atoms with Crippen LogP contribution in [-0.4, -0.2) is 85.8 Å². The number of methoxy groups -OCH3 is 1. The maximum atomic E-state index is 12.0. The van der Waals surface area contributed by atoms with E-state index in [2.05, 4.69) is 0 Å². The van der Waals surface area contributed by atoms with E-state index in [0.29, 0.717) is 11.1 Å². The fraction of sp³-hybridized carbons (Fsp3) is 0.226. The van der Waals surface area contributed by atoms with Gasteiger partial charge in [0.1, 0.15) is 35.6 Å². The number of fused-ring (bicyclic) bond motifs is 1. The summed E-state index contributed by atoms with van der Waals surface area (Å²) in [6, 6.07) is 13.8. The van der Waals surface area contributed by atoms with Crippen LogP contribution in [0.3, 0.4) is 0 Å². The van der Waals surface area contributed by atoms with Crippen LogP contribution >= 0.6 is 0 Å². The normalized spacial score (nSPS) is 21.8. The van der Waals surface area contributed by atoms with Gasteiger partial charge < -0.3 is 58.8 Å². The number of esters is 1. The maximum absolute atomic E-state index is 12.0. The predicted molar refractivity (Wildman–Crippen MR) is 154 cm³/mol. The Morgan fingerprint density at radius 2 is 1.66 bits per heavy atom. The molecule has 0 aromatic heterocycles. The summed E-state index contributed by atoms with van der Waals surface area (Å²) in [5, 5.41) is 61.7. The van der Waals surface area contributed by atoms with Crippen molar-refractivity contribution in [1.29, 1.82) is 0 Å². The molecule has 1 saturated heterocycles. The van der Waals surface area contributed by atoms with Crippen molar-refractivity contribution in [2.24, 2.45) is 0 Å². The van der Waals surface area contributed by atoms with E-state index in [9.17, 15) is 40.2 Å². The number of hydrogen-bond donors (Lipinski definition) is 6. The first-order valence-corrected chi connectivity index (χ1v) is 13.2. The minimum atomic E-state index is -1.77. The van der Waals surface area contributed by atoms with Crippen LogP contribution in [0.2, 0.25) is 0 Å². The Morgan fingerprint density at radius 3 is 2.39 bits per heavy atom. The molecule has 7 N–H and O–H groups in total. The van der Waals surface area contributed by atoms with Crippen LogP contribution in [0, 0.1) is 0 Å². The van der Waals surface area contributed by atoms with E-state index in [1.807, 2.05) is 0 Å². The van der Waals surface area contributed by atoms with Crippen LogP contribution in [0.5, 0.6) is 28.7 Å². The minimum absolute atomic E-state index is 0.00241. The SMILES string of the molecule is COc1cc(-c2oc3cc(=O)cc(O)c-3cc2O[C@@H]2O[C@H](COC(=[OH+])C=Cc3ccc(O)cc3)[C@@H](O)[C@@H](O)[C@H]2O)ccc1O. The van der Waals surface area contributed by atoms with Crippen LogP contribution in [0.15, 0.2) is 76.0 Å². The van der Waals surface area contributed by atoms with Gasteiger partial charge in [0, 0.05) is 17.7 Å². The van der Waals surface area contributed by atoms with Gasteiger partial charge in [0.2, 0.25) is 12.9 Å².